The van der Waals surface area contributed by atoms with E-state index in [1.807, 2.05) is 0 Å². The van der Waals surface area contributed by atoms with Gasteiger partial charge in [0.05, 0.1) is 5.56 Å². The molecule has 84 valence electrons. The average Bonchev–Trinajstić information content (AvgIpc) is 2.23. The first-order valence-corrected chi connectivity index (χ1v) is 4.98. The summed E-state index contributed by atoms with van der Waals surface area (Å²) in [6.45, 7) is 1.49. The molecule has 0 saturated carbocycles. The van der Waals surface area contributed by atoms with Crippen molar-refractivity contribution < 1.29 is 13.6 Å². The standard InChI is InChI=1S/C13H12F2O/c1-3-4-5-6-13(16)10-7-9(2)11(14)8-12(10)15/h1,7-8H,4-6H2,2H3. The molecular formula is C13H12F2O. The number of terminal acetylenes is 1. The lowest BCUT2D eigenvalue weighted by Crippen LogP contribution is -2.04. The number of hydrogen-bond acceptors (Lipinski definition) is 1. The number of ketones is 1. The number of hydrogen-bond donors (Lipinski definition) is 0. The highest BCUT2D eigenvalue weighted by atomic mass is 19.1. The van der Waals surface area contributed by atoms with Crippen LogP contribution < -0.4 is 0 Å². The fourth-order valence-electron chi connectivity index (χ4n) is 1.36. The third-order valence-corrected chi connectivity index (χ3v) is 2.27. The topological polar surface area (TPSA) is 17.1 Å². The summed E-state index contributed by atoms with van der Waals surface area (Å²) in [5.74, 6) is 0.614. The summed E-state index contributed by atoms with van der Waals surface area (Å²) >= 11 is 0. The van der Waals surface area contributed by atoms with Crippen molar-refractivity contribution in [3.63, 3.8) is 0 Å². The Morgan fingerprint density at radius 2 is 2.06 bits per heavy atom. The minimum absolute atomic E-state index is 0.0593. The van der Waals surface area contributed by atoms with Gasteiger partial charge in [-0.1, -0.05) is 0 Å². The second-order valence-corrected chi connectivity index (χ2v) is 3.56. The van der Waals surface area contributed by atoms with Crippen molar-refractivity contribution in [1.82, 2.24) is 0 Å². The fourth-order valence-corrected chi connectivity index (χ4v) is 1.36. The Balaban J connectivity index is 2.84. The van der Waals surface area contributed by atoms with Crippen LogP contribution in [0.15, 0.2) is 12.1 Å². The van der Waals surface area contributed by atoms with Gasteiger partial charge in [0.2, 0.25) is 0 Å². The minimum Gasteiger partial charge on any atom is -0.294 e. The van der Waals surface area contributed by atoms with E-state index in [4.69, 9.17) is 6.42 Å². The Morgan fingerprint density at radius 3 is 2.69 bits per heavy atom. The first-order valence-electron chi connectivity index (χ1n) is 4.98. The van der Waals surface area contributed by atoms with Gasteiger partial charge in [-0.15, -0.1) is 12.3 Å². The van der Waals surface area contributed by atoms with Gasteiger partial charge in [-0.05, 0) is 25.0 Å². The predicted octanol–water partition coefficient (Wildman–Crippen LogP) is 3.26. The molecule has 0 aliphatic carbocycles. The summed E-state index contributed by atoms with van der Waals surface area (Å²) in [4.78, 5) is 11.6. The fraction of sp³-hybridized carbons (Fsp3) is 0.308. The normalized spacial score (nSPS) is 9.88. The number of halogens is 2. The van der Waals surface area contributed by atoms with Gasteiger partial charge in [0, 0.05) is 18.9 Å². The first-order chi connectivity index (χ1) is 7.56. The van der Waals surface area contributed by atoms with Crippen LogP contribution in [0.2, 0.25) is 0 Å². The van der Waals surface area contributed by atoms with Gasteiger partial charge in [0.15, 0.2) is 5.78 Å². The highest BCUT2D eigenvalue weighted by molar-refractivity contribution is 5.96. The zero-order chi connectivity index (χ0) is 12.1. The van der Waals surface area contributed by atoms with E-state index in [0.717, 1.165) is 6.07 Å². The SMILES string of the molecule is C#CCCCC(=O)c1cc(C)c(F)cc1F. The van der Waals surface area contributed by atoms with E-state index in [0.29, 0.717) is 12.8 Å². The monoisotopic (exact) mass is 222 g/mol. The van der Waals surface area contributed by atoms with Crippen molar-refractivity contribution in [3.05, 3.63) is 34.9 Å². The molecule has 0 heterocycles. The molecule has 0 spiro atoms. The van der Waals surface area contributed by atoms with E-state index in [2.05, 4.69) is 5.92 Å². The van der Waals surface area contributed by atoms with Crippen molar-refractivity contribution in [1.29, 1.82) is 0 Å². The molecule has 0 aliphatic heterocycles. The summed E-state index contributed by atoms with van der Waals surface area (Å²) in [7, 11) is 0. The Kier molecular flexibility index (Phi) is 4.19. The quantitative estimate of drug-likeness (QED) is 0.434. The zero-order valence-electron chi connectivity index (χ0n) is 9.02. The minimum atomic E-state index is -0.811. The lowest BCUT2D eigenvalue weighted by Gasteiger charge is -2.04. The van der Waals surface area contributed by atoms with Gasteiger partial charge in [-0.25, -0.2) is 8.78 Å². The molecule has 1 rings (SSSR count). The molecule has 0 fully saturated rings. The van der Waals surface area contributed by atoms with Crippen molar-refractivity contribution in [2.45, 2.75) is 26.2 Å². The van der Waals surface area contributed by atoms with Gasteiger partial charge in [-0.2, -0.15) is 0 Å². The summed E-state index contributed by atoms with van der Waals surface area (Å²) in [6.07, 6.45) is 6.23. The van der Waals surface area contributed by atoms with Gasteiger partial charge in [0.25, 0.3) is 0 Å². The maximum Gasteiger partial charge on any atom is 0.165 e. The van der Waals surface area contributed by atoms with E-state index in [-0.39, 0.29) is 23.3 Å². The molecule has 0 radical (unpaired) electrons. The largest absolute Gasteiger partial charge is 0.294 e. The van der Waals surface area contributed by atoms with Crippen LogP contribution in [-0.2, 0) is 0 Å². The van der Waals surface area contributed by atoms with Crippen LogP contribution in [0.4, 0.5) is 8.78 Å². The van der Waals surface area contributed by atoms with Crippen molar-refractivity contribution in [2.24, 2.45) is 0 Å². The summed E-state index contributed by atoms with van der Waals surface area (Å²) in [5, 5.41) is 0. The molecule has 1 aromatic carbocycles. The second-order valence-electron chi connectivity index (χ2n) is 3.56. The molecular weight excluding hydrogens is 210 g/mol. The summed E-state index contributed by atoms with van der Waals surface area (Å²) < 4.78 is 26.2. The molecule has 0 aromatic heterocycles. The second kappa shape index (κ2) is 5.41. The third kappa shape index (κ3) is 2.90. The highest BCUT2D eigenvalue weighted by Gasteiger charge is 2.13. The van der Waals surface area contributed by atoms with E-state index >= 15 is 0 Å². The number of benzene rings is 1. The summed E-state index contributed by atoms with van der Waals surface area (Å²) in [6, 6.07) is 1.98. The van der Waals surface area contributed by atoms with Crippen LogP contribution in [-0.4, -0.2) is 5.78 Å². The van der Waals surface area contributed by atoms with Crippen LogP contribution in [0.1, 0.15) is 35.2 Å². The van der Waals surface area contributed by atoms with Crippen LogP contribution in [0.5, 0.6) is 0 Å². The van der Waals surface area contributed by atoms with Crippen LogP contribution in [0.3, 0.4) is 0 Å². The summed E-state index contributed by atoms with van der Waals surface area (Å²) in [5.41, 5.74) is 0.206. The van der Waals surface area contributed by atoms with Gasteiger partial charge >= 0.3 is 0 Å². The highest BCUT2D eigenvalue weighted by Crippen LogP contribution is 2.16. The van der Waals surface area contributed by atoms with E-state index in [1.165, 1.54) is 13.0 Å². The van der Waals surface area contributed by atoms with Crippen LogP contribution >= 0.6 is 0 Å². The van der Waals surface area contributed by atoms with Crippen molar-refractivity contribution in [2.75, 3.05) is 0 Å². The molecule has 1 aromatic rings. The molecule has 0 amide bonds. The molecule has 0 saturated heterocycles. The first kappa shape index (κ1) is 12.4. The number of aryl methyl sites for hydroxylation is 1. The lowest BCUT2D eigenvalue weighted by molar-refractivity contribution is 0.0976. The molecule has 0 unspecified atom stereocenters. The molecule has 16 heavy (non-hydrogen) atoms. The average molecular weight is 222 g/mol. The van der Waals surface area contributed by atoms with E-state index in [1.54, 1.807) is 0 Å². The number of carbonyl (C=O) groups excluding carboxylic acids is 1. The van der Waals surface area contributed by atoms with E-state index < -0.39 is 11.6 Å². The maximum absolute atomic E-state index is 13.3. The van der Waals surface area contributed by atoms with Gasteiger partial charge in [0.1, 0.15) is 11.6 Å². The molecule has 0 atom stereocenters. The molecule has 0 N–H and O–H groups in total. The molecule has 0 aliphatic rings. The van der Waals surface area contributed by atoms with Gasteiger partial charge < -0.3 is 0 Å². The maximum atomic E-state index is 13.3. The van der Waals surface area contributed by atoms with Gasteiger partial charge in [-0.3, -0.25) is 4.79 Å². The number of Topliss-reactive ketones (excluding diaryl/α,β-unsaturated/α-hetero) is 1. The number of rotatable bonds is 4. The van der Waals surface area contributed by atoms with Crippen LogP contribution in [0.25, 0.3) is 0 Å². The smallest absolute Gasteiger partial charge is 0.165 e. The van der Waals surface area contributed by atoms with Crippen molar-refractivity contribution in [3.8, 4) is 12.3 Å². The lowest BCUT2D eigenvalue weighted by atomic mass is 10.0. The molecule has 0 bridgehead atoms. The predicted molar refractivity (Wildman–Crippen MR) is 58.1 cm³/mol. The Bertz CT molecular complexity index is 444. The van der Waals surface area contributed by atoms with E-state index in [9.17, 15) is 13.6 Å². The van der Waals surface area contributed by atoms with Crippen molar-refractivity contribution >= 4 is 5.78 Å². The Hall–Kier alpha value is -1.69. The third-order valence-electron chi connectivity index (χ3n) is 2.27. The zero-order valence-corrected chi connectivity index (χ0v) is 9.02. The van der Waals surface area contributed by atoms with Crippen LogP contribution in [0, 0.1) is 30.9 Å². The Morgan fingerprint density at radius 1 is 1.38 bits per heavy atom. The Labute approximate surface area is 93.5 Å². The number of carbonyl (C=O) groups is 1. The number of unbranched alkanes of at least 4 members (excludes halogenated alkanes) is 1. The molecule has 1 nitrogen and oxygen atoms in total. The molecule has 3 heteroatoms.